The molecule has 24 nitrogen and oxygen atoms in total. The zero-order valence-corrected chi connectivity index (χ0v) is 43.1. The van der Waals surface area contributed by atoms with E-state index in [0.29, 0.717) is 26.2 Å². The zero-order chi connectivity index (χ0) is 49.3. The minimum Gasteiger partial charge on any atom is -0.481 e. The number of carbonyl (C=O) groups is 4. The average molecular weight is 957 g/mol. The zero-order valence-electron chi connectivity index (χ0n) is 39.1. The second kappa shape index (κ2) is 53.2. The normalized spacial score (nSPS) is 10.5. The van der Waals surface area contributed by atoms with Crippen molar-refractivity contribution in [2.75, 3.05) is 111 Å². The molecule has 0 rings (SSSR count). The fourth-order valence-electron chi connectivity index (χ4n) is 3.50. The van der Waals surface area contributed by atoms with Crippen LogP contribution in [0.15, 0.2) is 0 Å². The van der Waals surface area contributed by atoms with Crippen LogP contribution in [0.2, 0.25) is 24.2 Å². The predicted octanol–water partition coefficient (Wildman–Crippen LogP) is 1.22. The van der Waals surface area contributed by atoms with Gasteiger partial charge in [-0.15, -0.1) is 0 Å². The maximum Gasteiger partial charge on any atom is 0.500 e. The first-order valence-electron chi connectivity index (χ1n) is 18.1. The van der Waals surface area contributed by atoms with E-state index in [1.165, 1.54) is 0 Å². The third-order valence-electron chi connectivity index (χ3n) is 6.48. The van der Waals surface area contributed by atoms with Crippen LogP contribution >= 0.6 is 0 Å². The molecule has 0 aliphatic carbocycles. The first-order valence-corrected chi connectivity index (χ1v) is 25.8. The number of hydrogen-bond acceptors (Lipinski definition) is 20. The third kappa shape index (κ3) is 58.2. The van der Waals surface area contributed by atoms with E-state index in [1.807, 2.05) is 0 Å². The van der Waals surface area contributed by atoms with Crippen molar-refractivity contribution in [3.05, 3.63) is 0 Å². The molecule has 368 valence electrons. The van der Waals surface area contributed by atoms with Gasteiger partial charge in [-0.1, -0.05) is 0 Å². The Labute approximate surface area is 363 Å². The summed E-state index contributed by atoms with van der Waals surface area (Å²) in [5, 5.41) is 29.7. The first-order chi connectivity index (χ1) is 27.9. The van der Waals surface area contributed by atoms with Gasteiger partial charge in [-0.05, 0) is 51.9 Å². The van der Waals surface area contributed by atoms with Crippen LogP contribution in [0.25, 0.3) is 0 Å². The Kier molecular flexibility index (Phi) is 67.0. The molecule has 0 saturated heterocycles. The smallest absolute Gasteiger partial charge is 0.481 e. The summed E-state index contributed by atoms with van der Waals surface area (Å²) in [6, 6.07) is 3.14. The SMILES string of the molecule is CC(=O)O.CC(=O)O.CC(=O)O.CC(=O)O.CO[Si](CCCN)(OC)OC.CO[Si](CCCN)(OC)OC.CO[Si](CCCN)(OC)OC.CO[Si](CCCN)(OC)OC. The highest BCUT2D eigenvalue weighted by atomic mass is 28.4. The Bertz CT molecular complexity index is 747. The number of aliphatic carboxylic acids is 4. The van der Waals surface area contributed by atoms with Gasteiger partial charge in [0.15, 0.2) is 0 Å². The maximum atomic E-state index is 9.00. The molecule has 0 bridgehead atoms. The lowest BCUT2D eigenvalue weighted by atomic mass is 10.5. The van der Waals surface area contributed by atoms with E-state index in [1.54, 1.807) is 85.3 Å². The van der Waals surface area contributed by atoms with Gasteiger partial charge in [0.25, 0.3) is 23.9 Å². The lowest BCUT2D eigenvalue weighted by molar-refractivity contribution is -0.135. The molecule has 0 atom stereocenters. The highest BCUT2D eigenvalue weighted by Crippen LogP contribution is 2.16. The fraction of sp³-hybridized carbons (Fsp3) is 0.875. The van der Waals surface area contributed by atoms with Crippen molar-refractivity contribution < 1.29 is 92.7 Å². The second-order valence-electron chi connectivity index (χ2n) is 10.8. The summed E-state index contributed by atoms with van der Waals surface area (Å²) in [6.45, 7) is 6.91. The number of hydrogen-bond donors (Lipinski definition) is 8. The molecule has 0 heterocycles. The van der Waals surface area contributed by atoms with E-state index in [9.17, 15) is 0 Å². The molecule has 0 fully saturated rings. The van der Waals surface area contributed by atoms with Crippen molar-refractivity contribution in [1.82, 2.24) is 0 Å². The Hall–Kier alpha value is -1.89. The molecule has 0 saturated carbocycles. The predicted molar refractivity (Wildman–Crippen MR) is 234 cm³/mol. The summed E-state index contributed by atoms with van der Waals surface area (Å²) in [5.74, 6) is -3.33. The van der Waals surface area contributed by atoms with Crippen molar-refractivity contribution in [3.63, 3.8) is 0 Å². The lowest BCUT2D eigenvalue weighted by Crippen LogP contribution is -2.42. The van der Waals surface area contributed by atoms with Gasteiger partial charge in [0.1, 0.15) is 0 Å². The van der Waals surface area contributed by atoms with E-state index in [0.717, 1.165) is 77.6 Å². The van der Waals surface area contributed by atoms with Gasteiger partial charge in [0.2, 0.25) is 0 Å². The minimum absolute atomic E-state index is 0.644. The van der Waals surface area contributed by atoms with Crippen LogP contribution < -0.4 is 22.9 Å². The fourth-order valence-corrected chi connectivity index (χ4v) is 10.5. The van der Waals surface area contributed by atoms with Crippen molar-refractivity contribution in [2.45, 2.75) is 77.6 Å². The molecule has 0 aromatic carbocycles. The Morgan fingerprint density at radius 1 is 0.317 bits per heavy atom. The molecule has 0 aromatic heterocycles. The second-order valence-corrected chi connectivity index (χ2v) is 23.2. The van der Waals surface area contributed by atoms with Gasteiger partial charge in [0.05, 0.1) is 0 Å². The van der Waals surface area contributed by atoms with E-state index in [4.69, 9.17) is 116 Å². The lowest BCUT2D eigenvalue weighted by Gasteiger charge is -2.23. The Morgan fingerprint density at radius 2 is 0.400 bits per heavy atom. The topological polar surface area (TPSA) is 364 Å². The molecule has 0 spiro atoms. The van der Waals surface area contributed by atoms with Crippen LogP contribution in [0, 0.1) is 0 Å². The summed E-state index contributed by atoms with van der Waals surface area (Å²) in [7, 11) is 10.0. The summed E-state index contributed by atoms with van der Waals surface area (Å²) < 4.78 is 62.1. The molecule has 0 aromatic rings. The number of carboxylic acids is 4. The van der Waals surface area contributed by atoms with Gasteiger partial charge < -0.3 is 96.5 Å². The molecule has 0 unspecified atom stereocenters. The molecule has 12 N–H and O–H groups in total. The van der Waals surface area contributed by atoms with E-state index in [2.05, 4.69) is 0 Å². The minimum atomic E-state index is -2.32. The van der Waals surface area contributed by atoms with E-state index in [-0.39, 0.29) is 0 Å². The number of nitrogens with two attached hydrogens (primary N) is 4. The van der Waals surface area contributed by atoms with Crippen molar-refractivity contribution >= 4 is 59.1 Å². The van der Waals surface area contributed by atoms with Crippen molar-refractivity contribution in [1.29, 1.82) is 0 Å². The van der Waals surface area contributed by atoms with Crippen LogP contribution in [0.4, 0.5) is 0 Å². The van der Waals surface area contributed by atoms with Gasteiger partial charge in [-0.2, -0.15) is 0 Å². The van der Waals surface area contributed by atoms with Crippen LogP contribution in [-0.4, -0.2) is 191 Å². The summed E-state index contributed by atoms with van der Waals surface area (Å²) in [5.41, 5.74) is 21.4. The van der Waals surface area contributed by atoms with Crippen molar-refractivity contribution in [2.24, 2.45) is 22.9 Å². The quantitative estimate of drug-likeness (QED) is 0.0630. The molecule has 0 aliphatic rings. The molecule has 0 aliphatic heterocycles. The summed E-state index contributed by atoms with van der Waals surface area (Å²) in [6.07, 6.45) is 3.51. The monoisotopic (exact) mass is 956 g/mol. The average Bonchev–Trinajstić information content (AvgIpc) is 3.21. The Balaban J connectivity index is -0.0000000893. The van der Waals surface area contributed by atoms with E-state index < -0.39 is 59.1 Å². The Morgan fingerprint density at radius 3 is 0.450 bits per heavy atom. The van der Waals surface area contributed by atoms with Gasteiger partial charge in [0, 0.05) is 137 Å². The largest absolute Gasteiger partial charge is 0.500 e. The van der Waals surface area contributed by atoms with Gasteiger partial charge >= 0.3 is 35.2 Å². The molecule has 0 amide bonds. The van der Waals surface area contributed by atoms with Crippen LogP contribution in [0.1, 0.15) is 53.4 Å². The van der Waals surface area contributed by atoms with Crippen LogP contribution in [0.3, 0.4) is 0 Å². The van der Waals surface area contributed by atoms with Crippen LogP contribution in [0.5, 0.6) is 0 Å². The number of carboxylic acid groups (broad SMARTS) is 4. The van der Waals surface area contributed by atoms with Crippen LogP contribution in [-0.2, 0) is 72.3 Å². The maximum absolute atomic E-state index is 9.00. The molecular weight excluding hydrogens is 873 g/mol. The van der Waals surface area contributed by atoms with Crippen molar-refractivity contribution in [3.8, 4) is 0 Å². The first kappa shape index (κ1) is 75.5. The number of rotatable bonds is 24. The third-order valence-corrected chi connectivity index (χ3v) is 17.8. The molecule has 60 heavy (non-hydrogen) atoms. The van der Waals surface area contributed by atoms with Gasteiger partial charge in [-0.25, -0.2) is 0 Å². The molecular formula is C32H84N4O20Si4. The van der Waals surface area contributed by atoms with Gasteiger partial charge in [-0.3, -0.25) is 19.2 Å². The van der Waals surface area contributed by atoms with E-state index >= 15 is 0 Å². The highest BCUT2D eigenvalue weighted by Gasteiger charge is 2.38. The summed E-state index contributed by atoms with van der Waals surface area (Å²) >= 11 is 0. The highest BCUT2D eigenvalue weighted by molar-refractivity contribution is 6.61. The molecule has 28 heteroatoms. The summed E-state index contributed by atoms with van der Waals surface area (Å²) in [4.78, 5) is 36.0. The standard InChI is InChI=1S/4C6H17NO3Si.4C2H4O2/c4*1-8-11(9-2,10-3)6-4-5-7;4*1-2(3)4/h4*4-7H2,1-3H3;4*1H3,(H,3,4). The molecule has 0 radical (unpaired) electrons.